The van der Waals surface area contributed by atoms with Gasteiger partial charge in [-0.2, -0.15) is 5.26 Å². The second-order valence-electron chi connectivity index (χ2n) is 3.32. The number of rotatable bonds is 4. The van der Waals surface area contributed by atoms with E-state index in [-0.39, 0.29) is 18.4 Å². The molecule has 3 nitrogen and oxygen atoms in total. The number of nitrogens with zero attached hydrogens (tertiary/aromatic N) is 1. The minimum absolute atomic E-state index is 0.0175. The number of amides is 1. The van der Waals surface area contributed by atoms with Gasteiger partial charge < -0.3 is 5.73 Å². The third-order valence-corrected chi connectivity index (χ3v) is 2.24. The molecule has 0 aliphatic rings. The highest BCUT2D eigenvalue weighted by atomic mass is 19.1. The van der Waals surface area contributed by atoms with Crippen LogP contribution in [0.15, 0.2) is 18.2 Å². The van der Waals surface area contributed by atoms with E-state index in [1.54, 1.807) is 6.07 Å². The first-order valence-electron chi connectivity index (χ1n) is 4.68. The molecule has 0 aliphatic carbocycles. The Morgan fingerprint density at radius 1 is 1.44 bits per heavy atom. The Balaban J connectivity index is 2.75. The van der Waals surface area contributed by atoms with Crippen molar-refractivity contribution >= 4 is 5.91 Å². The Morgan fingerprint density at radius 3 is 2.44 bits per heavy atom. The molecule has 16 heavy (non-hydrogen) atoms. The lowest BCUT2D eigenvalue weighted by molar-refractivity contribution is -0.120. The van der Waals surface area contributed by atoms with Gasteiger partial charge in [-0.3, -0.25) is 4.79 Å². The second kappa shape index (κ2) is 5.21. The lowest BCUT2D eigenvalue weighted by atomic mass is 9.99. The van der Waals surface area contributed by atoms with Gasteiger partial charge in [-0.05, 0) is 25.0 Å². The van der Waals surface area contributed by atoms with Gasteiger partial charge in [0.15, 0.2) is 0 Å². The zero-order chi connectivity index (χ0) is 12.1. The highest BCUT2D eigenvalue weighted by molar-refractivity contribution is 5.79. The first-order chi connectivity index (χ1) is 7.56. The summed E-state index contributed by atoms with van der Waals surface area (Å²) in [6.45, 7) is 0. The van der Waals surface area contributed by atoms with Crippen LogP contribution in [0.25, 0.3) is 0 Å². The van der Waals surface area contributed by atoms with Gasteiger partial charge in [-0.1, -0.05) is 6.07 Å². The Labute approximate surface area is 91.5 Å². The predicted molar refractivity (Wildman–Crippen MR) is 53.0 cm³/mol. The molecule has 0 radical (unpaired) electrons. The number of halogens is 2. The summed E-state index contributed by atoms with van der Waals surface area (Å²) in [5, 5.41) is 8.57. The number of carbonyl (C=O) groups is 1. The summed E-state index contributed by atoms with van der Waals surface area (Å²) in [7, 11) is 0. The molecular weight excluding hydrogens is 214 g/mol. The zero-order valence-electron chi connectivity index (χ0n) is 8.41. The number of nitrogens with two attached hydrogens (primary N) is 1. The molecule has 0 fully saturated rings. The molecule has 1 atom stereocenters. The van der Waals surface area contributed by atoms with Crippen LogP contribution >= 0.6 is 0 Å². The molecular formula is C11H10F2N2O. The molecule has 5 heteroatoms. The van der Waals surface area contributed by atoms with Crippen molar-refractivity contribution in [2.24, 2.45) is 11.7 Å². The highest BCUT2D eigenvalue weighted by Crippen LogP contribution is 2.16. The summed E-state index contributed by atoms with van der Waals surface area (Å²) in [4.78, 5) is 10.7. The molecule has 0 aliphatic heterocycles. The summed E-state index contributed by atoms with van der Waals surface area (Å²) in [5.74, 6) is -3.15. The Hall–Kier alpha value is -1.96. The van der Waals surface area contributed by atoms with Crippen LogP contribution in [0.4, 0.5) is 8.78 Å². The van der Waals surface area contributed by atoms with E-state index in [1.165, 1.54) is 6.07 Å². The number of hydrogen-bond donors (Lipinski definition) is 1. The number of nitriles is 1. The van der Waals surface area contributed by atoms with Gasteiger partial charge in [0.2, 0.25) is 5.91 Å². The summed E-state index contributed by atoms with van der Waals surface area (Å²) >= 11 is 0. The van der Waals surface area contributed by atoms with Gasteiger partial charge in [0, 0.05) is 5.56 Å². The van der Waals surface area contributed by atoms with Crippen LogP contribution in [-0.4, -0.2) is 5.91 Å². The molecule has 0 saturated carbocycles. The van der Waals surface area contributed by atoms with Crippen molar-refractivity contribution in [3.05, 3.63) is 35.4 Å². The third kappa shape index (κ3) is 2.76. The number of hydrogen-bond acceptors (Lipinski definition) is 2. The number of primary amides is 1. The Morgan fingerprint density at radius 2 is 2.00 bits per heavy atom. The van der Waals surface area contributed by atoms with E-state index in [9.17, 15) is 13.6 Å². The molecule has 1 aromatic carbocycles. The SMILES string of the molecule is N#CC(CCc1c(F)cccc1F)C(N)=O. The fourth-order valence-electron chi connectivity index (χ4n) is 1.33. The molecule has 1 amide bonds. The second-order valence-corrected chi connectivity index (χ2v) is 3.32. The molecule has 1 aromatic rings. The first kappa shape index (κ1) is 12.1. The normalized spacial score (nSPS) is 11.8. The summed E-state index contributed by atoms with van der Waals surface area (Å²) in [6.07, 6.45) is -0.0106. The molecule has 0 aromatic heterocycles. The minimum Gasteiger partial charge on any atom is -0.369 e. The van der Waals surface area contributed by atoms with Crippen molar-refractivity contribution in [2.75, 3.05) is 0 Å². The van der Waals surface area contributed by atoms with Crippen molar-refractivity contribution in [1.82, 2.24) is 0 Å². The predicted octanol–water partition coefficient (Wildman–Crippen LogP) is 1.52. The van der Waals surface area contributed by atoms with Gasteiger partial charge in [0.05, 0.1) is 6.07 Å². The molecule has 1 rings (SSSR count). The smallest absolute Gasteiger partial charge is 0.234 e. The van der Waals surface area contributed by atoms with Crippen molar-refractivity contribution in [1.29, 1.82) is 5.26 Å². The standard InChI is InChI=1S/C11H10F2N2O/c12-9-2-1-3-10(13)8(9)5-4-7(6-14)11(15)16/h1-3,7H,4-5H2,(H2,15,16). The van der Waals surface area contributed by atoms with E-state index < -0.39 is 23.5 Å². The molecule has 1 unspecified atom stereocenters. The van der Waals surface area contributed by atoms with E-state index in [2.05, 4.69) is 0 Å². The average molecular weight is 224 g/mol. The lowest BCUT2D eigenvalue weighted by Gasteiger charge is -2.06. The van der Waals surface area contributed by atoms with Crippen molar-refractivity contribution in [3.63, 3.8) is 0 Å². The van der Waals surface area contributed by atoms with Gasteiger partial charge >= 0.3 is 0 Å². The van der Waals surface area contributed by atoms with Crippen molar-refractivity contribution < 1.29 is 13.6 Å². The van der Waals surface area contributed by atoms with E-state index in [4.69, 9.17) is 11.0 Å². The van der Waals surface area contributed by atoms with Crippen LogP contribution < -0.4 is 5.73 Å². The average Bonchev–Trinajstić information content (AvgIpc) is 2.22. The van der Waals surface area contributed by atoms with Crippen LogP contribution in [-0.2, 0) is 11.2 Å². The van der Waals surface area contributed by atoms with E-state index >= 15 is 0 Å². The minimum atomic E-state index is -1.01. The maximum atomic E-state index is 13.2. The fourth-order valence-corrected chi connectivity index (χ4v) is 1.33. The van der Waals surface area contributed by atoms with Crippen LogP contribution in [0.1, 0.15) is 12.0 Å². The van der Waals surface area contributed by atoms with Crippen LogP contribution in [0.2, 0.25) is 0 Å². The molecule has 0 heterocycles. The molecule has 0 saturated heterocycles. The largest absolute Gasteiger partial charge is 0.369 e. The van der Waals surface area contributed by atoms with Crippen molar-refractivity contribution in [3.8, 4) is 6.07 Å². The maximum absolute atomic E-state index is 13.2. The fraction of sp³-hybridized carbons (Fsp3) is 0.273. The van der Waals surface area contributed by atoms with Gasteiger partial charge in [-0.15, -0.1) is 0 Å². The summed E-state index contributed by atoms with van der Waals surface area (Å²) in [5.41, 5.74) is 4.82. The van der Waals surface area contributed by atoms with E-state index in [1.807, 2.05) is 0 Å². The first-order valence-corrected chi connectivity index (χ1v) is 4.68. The number of benzene rings is 1. The molecule has 0 bridgehead atoms. The highest BCUT2D eigenvalue weighted by Gasteiger charge is 2.16. The van der Waals surface area contributed by atoms with E-state index in [0.29, 0.717) is 0 Å². The van der Waals surface area contributed by atoms with Crippen LogP contribution in [0.3, 0.4) is 0 Å². The summed E-state index contributed by atoms with van der Waals surface area (Å²) < 4.78 is 26.3. The monoisotopic (exact) mass is 224 g/mol. The topological polar surface area (TPSA) is 66.9 Å². The number of carbonyl (C=O) groups excluding carboxylic acids is 1. The van der Waals surface area contributed by atoms with Gasteiger partial charge in [-0.25, -0.2) is 8.78 Å². The van der Waals surface area contributed by atoms with E-state index in [0.717, 1.165) is 12.1 Å². The Kier molecular flexibility index (Phi) is 3.95. The summed E-state index contributed by atoms with van der Waals surface area (Å²) in [6, 6.07) is 5.20. The molecule has 0 spiro atoms. The molecule has 2 N–H and O–H groups in total. The lowest BCUT2D eigenvalue weighted by Crippen LogP contribution is -2.22. The zero-order valence-corrected chi connectivity index (χ0v) is 8.41. The third-order valence-electron chi connectivity index (χ3n) is 2.24. The van der Waals surface area contributed by atoms with Crippen molar-refractivity contribution in [2.45, 2.75) is 12.8 Å². The maximum Gasteiger partial charge on any atom is 0.234 e. The quantitative estimate of drug-likeness (QED) is 0.842. The van der Waals surface area contributed by atoms with Gasteiger partial charge in [0.25, 0.3) is 0 Å². The van der Waals surface area contributed by atoms with Crippen LogP contribution in [0, 0.1) is 28.9 Å². The van der Waals surface area contributed by atoms with Gasteiger partial charge in [0.1, 0.15) is 17.6 Å². The molecule has 84 valence electrons. The van der Waals surface area contributed by atoms with Crippen LogP contribution in [0.5, 0.6) is 0 Å². The Bertz CT molecular complexity index is 420.